The summed E-state index contributed by atoms with van der Waals surface area (Å²) in [4.78, 5) is 17.3. The molecule has 1 N–H and O–H groups in total. The van der Waals surface area contributed by atoms with Crippen molar-refractivity contribution >= 4 is 33.8 Å². The second-order valence-corrected chi connectivity index (χ2v) is 6.87. The second-order valence-electron chi connectivity index (χ2n) is 6.87. The van der Waals surface area contributed by atoms with Gasteiger partial charge in [0.1, 0.15) is 5.75 Å². The fraction of sp³-hybridized carbons (Fsp3) is 0.125. The number of carbonyl (C=O) groups excluding carboxylic acids is 1. The average molecular weight is 383 g/mol. The fourth-order valence-electron chi connectivity index (χ4n) is 3.47. The normalized spacial score (nSPS) is 11.3. The number of hydrazone groups is 1. The number of nitrogens with one attached hydrogen (secondary N) is 1. The first-order valence-corrected chi connectivity index (χ1v) is 9.34. The van der Waals surface area contributed by atoms with E-state index in [1.54, 1.807) is 13.3 Å². The highest BCUT2D eigenvalue weighted by Crippen LogP contribution is 2.26. The highest BCUT2D eigenvalue weighted by atomic mass is 16.5. The van der Waals surface area contributed by atoms with E-state index in [0.29, 0.717) is 17.0 Å². The molecule has 0 atom stereocenters. The highest BCUT2D eigenvalue weighted by Gasteiger charge is 2.12. The molecule has 4 aromatic rings. The summed E-state index contributed by atoms with van der Waals surface area (Å²) in [5.41, 5.74) is 6.60. The van der Waals surface area contributed by atoms with Gasteiger partial charge in [0.15, 0.2) is 0 Å². The van der Waals surface area contributed by atoms with Crippen molar-refractivity contribution in [1.29, 1.82) is 0 Å². The van der Waals surface area contributed by atoms with Crippen molar-refractivity contribution < 1.29 is 9.53 Å². The molecule has 0 bridgehead atoms. The minimum atomic E-state index is -0.297. The van der Waals surface area contributed by atoms with Crippen LogP contribution in [0.1, 0.15) is 27.2 Å². The summed E-state index contributed by atoms with van der Waals surface area (Å²) >= 11 is 0. The Balaban J connectivity index is 1.64. The molecule has 3 aromatic carbocycles. The standard InChI is InChI=1S/C24H21N3O2/c1-15-7-6-9-18-13-20(16(2)26-23(15)18)24(28)27-25-14-21-19-10-5-4-8-17(19)11-12-22(21)29-3/h4-14H,1-3H3,(H,27,28)/b25-14-. The Morgan fingerprint density at radius 1 is 1.03 bits per heavy atom. The molecule has 0 radical (unpaired) electrons. The average Bonchev–Trinajstić information content (AvgIpc) is 2.74. The molecule has 4 rings (SSSR count). The summed E-state index contributed by atoms with van der Waals surface area (Å²) < 4.78 is 5.46. The molecule has 0 aliphatic heterocycles. The molecule has 0 saturated heterocycles. The van der Waals surface area contributed by atoms with Gasteiger partial charge >= 0.3 is 0 Å². The molecule has 0 aliphatic carbocycles. The molecule has 0 unspecified atom stereocenters. The lowest BCUT2D eigenvalue weighted by Crippen LogP contribution is -2.19. The Hall–Kier alpha value is -3.73. The molecule has 5 heteroatoms. The van der Waals surface area contributed by atoms with E-state index in [1.165, 1.54) is 0 Å². The summed E-state index contributed by atoms with van der Waals surface area (Å²) in [6, 6.07) is 19.6. The molecule has 0 aliphatic rings. The van der Waals surface area contributed by atoms with Gasteiger partial charge in [0.05, 0.1) is 30.1 Å². The van der Waals surface area contributed by atoms with Crippen molar-refractivity contribution in [2.45, 2.75) is 13.8 Å². The second kappa shape index (κ2) is 7.72. The van der Waals surface area contributed by atoms with E-state index >= 15 is 0 Å². The number of hydrogen-bond acceptors (Lipinski definition) is 4. The number of nitrogens with zero attached hydrogens (tertiary/aromatic N) is 2. The van der Waals surface area contributed by atoms with E-state index in [-0.39, 0.29) is 5.91 Å². The Labute approximate surface area is 169 Å². The van der Waals surface area contributed by atoms with Gasteiger partial charge in [-0.25, -0.2) is 5.43 Å². The monoisotopic (exact) mass is 383 g/mol. The van der Waals surface area contributed by atoms with Crippen LogP contribution >= 0.6 is 0 Å². The maximum absolute atomic E-state index is 12.7. The third-order valence-electron chi connectivity index (χ3n) is 4.99. The number of pyridine rings is 1. The zero-order valence-electron chi connectivity index (χ0n) is 16.6. The molecular weight excluding hydrogens is 362 g/mol. The summed E-state index contributed by atoms with van der Waals surface area (Å²) in [5.74, 6) is 0.398. The summed E-state index contributed by atoms with van der Waals surface area (Å²) in [5, 5.41) is 7.19. The van der Waals surface area contributed by atoms with Crippen LogP contribution in [0.3, 0.4) is 0 Å². The van der Waals surface area contributed by atoms with Crippen molar-refractivity contribution in [2.75, 3.05) is 7.11 Å². The minimum Gasteiger partial charge on any atom is -0.496 e. The van der Waals surface area contributed by atoms with Crippen molar-refractivity contribution in [3.05, 3.63) is 83.0 Å². The van der Waals surface area contributed by atoms with Crippen LogP contribution in [0.4, 0.5) is 0 Å². The number of aryl methyl sites for hydroxylation is 2. The summed E-state index contributed by atoms with van der Waals surface area (Å²) in [6.07, 6.45) is 1.62. The number of fused-ring (bicyclic) bond motifs is 2. The predicted octanol–water partition coefficient (Wildman–Crippen LogP) is 4.78. The first-order valence-electron chi connectivity index (χ1n) is 9.34. The Morgan fingerprint density at radius 2 is 1.83 bits per heavy atom. The van der Waals surface area contributed by atoms with E-state index in [2.05, 4.69) is 15.5 Å². The minimum absolute atomic E-state index is 0.297. The van der Waals surface area contributed by atoms with Crippen molar-refractivity contribution in [1.82, 2.24) is 10.4 Å². The molecule has 0 saturated carbocycles. The van der Waals surface area contributed by atoms with E-state index in [0.717, 1.165) is 32.8 Å². The maximum Gasteiger partial charge on any atom is 0.273 e. The molecule has 1 amide bonds. The van der Waals surface area contributed by atoms with Gasteiger partial charge in [0, 0.05) is 10.9 Å². The van der Waals surface area contributed by atoms with E-state index in [9.17, 15) is 4.79 Å². The van der Waals surface area contributed by atoms with Gasteiger partial charge in [-0.15, -0.1) is 0 Å². The Morgan fingerprint density at radius 3 is 2.66 bits per heavy atom. The molecule has 29 heavy (non-hydrogen) atoms. The number of rotatable bonds is 4. The maximum atomic E-state index is 12.7. The van der Waals surface area contributed by atoms with Crippen LogP contribution in [0.25, 0.3) is 21.7 Å². The molecule has 1 aromatic heterocycles. The number of amides is 1. The van der Waals surface area contributed by atoms with E-state index in [4.69, 9.17) is 4.74 Å². The lowest BCUT2D eigenvalue weighted by molar-refractivity contribution is 0.0954. The molecule has 144 valence electrons. The smallest absolute Gasteiger partial charge is 0.273 e. The van der Waals surface area contributed by atoms with Crippen LogP contribution < -0.4 is 10.2 Å². The van der Waals surface area contributed by atoms with Crippen molar-refractivity contribution in [3.8, 4) is 5.75 Å². The summed E-state index contributed by atoms with van der Waals surface area (Å²) in [7, 11) is 1.62. The van der Waals surface area contributed by atoms with Crippen LogP contribution in [0.2, 0.25) is 0 Å². The lowest BCUT2D eigenvalue weighted by atomic mass is 10.0. The zero-order valence-corrected chi connectivity index (χ0v) is 16.6. The van der Waals surface area contributed by atoms with Gasteiger partial charge in [0.2, 0.25) is 0 Å². The van der Waals surface area contributed by atoms with Gasteiger partial charge < -0.3 is 4.74 Å². The predicted molar refractivity (Wildman–Crippen MR) is 117 cm³/mol. The van der Waals surface area contributed by atoms with Gasteiger partial charge in [0.25, 0.3) is 5.91 Å². The van der Waals surface area contributed by atoms with Gasteiger partial charge in [-0.1, -0.05) is 48.5 Å². The number of ether oxygens (including phenoxy) is 1. The third kappa shape index (κ3) is 3.55. The molecule has 0 spiro atoms. The first kappa shape index (κ1) is 18.6. The zero-order chi connectivity index (χ0) is 20.4. The number of aromatic nitrogens is 1. The lowest BCUT2D eigenvalue weighted by Gasteiger charge is -2.09. The first-order chi connectivity index (χ1) is 14.1. The Bertz CT molecular complexity index is 1260. The van der Waals surface area contributed by atoms with Crippen LogP contribution in [-0.2, 0) is 0 Å². The largest absolute Gasteiger partial charge is 0.496 e. The van der Waals surface area contributed by atoms with Crippen molar-refractivity contribution in [2.24, 2.45) is 5.10 Å². The Kier molecular flexibility index (Phi) is 4.96. The highest BCUT2D eigenvalue weighted by molar-refractivity contribution is 6.03. The van der Waals surface area contributed by atoms with Gasteiger partial charge in [-0.05, 0) is 42.3 Å². The van der Waals surface area contributed by atoms with Crippen LogP contribution in [0.5, 0.6) is 5.75 Å². The van der Waals surface area contributed by atoms with E-state index in [1.807, 2.05) is 74.5 Å². The number of hydrogen-bond donors (Lipinski definition) is 1. The molecule has 1 heterocycles. The van der Waals surface area contributed by atoms with Crippen LogP contribution in [-0.4, -0.2) is 24.2 Å². The van der Waals surface area contributed by atoms with Crippen LogP contribution in [0.15, 0.2) is 65.8 Å². The fourth-order valence-corrected chi connectivity index (χ4v) is 3.47. The summed E-state index contributed by atoms with van der Waals surface area (Å²) in [6.45, 7) is 3.84. The number of para-hydroxylation sites is 1. The quantitative estimate of drug-likeness (QED) is 0.408. The van der Waals surface area contributed by atoms with Crippen molar-refractivity contribution in [3.63, 3.8) is 0 Å². The third-order valence-corrected chi connectivity index (χ3v) is 4.99. The number of methoxy groups -OCH3 is 1. The van der Waals surface area contributed by atoms with E-state index < -0.39 is 0 Å². The number of carbonyl (C=O) groups is 1. The van der Waals surface area contributed by atoms with Crippen LogP contribution in [0, 0.1) is 13.8 Å². The topological polar surface area (TPSA) is 63.6 Å². The molecular formula is C24H21N3O2. The molecule has 0 fully saturated rings. The number of benzene rings is 3. The SMILES string of the molecule is COc1ccc2ccccc2c1/C=N\NC(=O)c1cc2cccc(C)c2nc1C. The molecule has 5 nitrogen and oxygen atoms in total. The van der Waals surface area contributed by atoms with Gasteiger partial charge in [-0.3, -0.25) is 9.78 Å². The van der Waals surface area contributed by atoms with Gasteiger partial charge in [-0.2, -0.15) is 5.10 Å².